The molecule has 0 N–H and O–H groups in total. The topological polar surface area (TPSA) is 44.8 Å². The van der Waals surface area contributed by atoms with E-state index in [9.17, 15) is 4.79 Å². The third-order valence-electron chi connectivity index (χ3n) is 5.87. The second-order valence-electron chi connectivity index (χ2n) is 7.96. The van der Waals surface area contributed by atoms with Crippen LogP contribution in [0.2, 0.25) is 0 Å². The predicted octanol–water partition coefficient (Wildman–Crippen LogP) is 5.85. The molecule has 2 unspecified atom stereocenters. The van der Waals surface area contributed by atoms with Gasteiger partial charge in [0.2, 0.25) is 0 Å². The van der Waals surface area contributed by atoms with Gasteiger partial charge in [-0.15, -0.1) is 0 Å². The number of rotatable bonds is 11. The third-order valence-corrected chi connectivity index (χ3v) is 5.87. The van der Waals surface area contributed by atoms with E-state index in [0.29, 0.717) is 17.8 Å². The van der Waals surface area contributed by atoms with E-state index >= 15 is 0 Å². The van der Waals surface area contributed by atoms with Gasteiger partial charge in [0.05, 0.1) is 13.5 Å². The molecule has 0 aromatic heterocycles. The standard InChI is InChI=1S/C22H40O4/c1-7-11-12-18(8-2)13-17(5)15-22(10-4)16-19(9-3)20(25-26-22)14-21(23)24-6/h11-12,17-20H,7-10,13-16H2,1-6H3/b12-11+/t17?,18?,19-,20-,22+/m0/s1. The zero-order chi connectivity index (χ0) is 19.6. The number of allylic oxidation sites excluding steroid dienone is 2. The molecule has 5 atom stereocenters. The van der Waals surface area contributed by atoms with Crippen LogP contribution < -0.4 is 0 Å². The average molecular weight is 369 g/mol. The first kappa shape index (κ1) is 23.2. The highest BCUT2D eigenvalue weighted by Gasteiger charge is 2.43. The van der Waals surface area contributed by atoms with Crippen molar-refractivity contribution in [2.45, 2.75) is 97.7 Å². The van der Waals surface area contributed by atoms with Crippen LogP contribution in [0, 0.1) is 17.8 Å². The molecular formula is C22H40O4. The van der Waals surface area contributed by atoms with Gasteiger partial charge in [0.15, 0.2) is 0 Å². The van der Waals surface area contributed by atoms with Gasteiger partial charge in [-0.05, 0) is 56.3 Å². The third kappa shape index (κ3) is 7.03. The highest BCUT2D eigenvalue weighted by molar-refractivity contribution is 5.69. The number of ether oxygens (including phenoxy) is 1. The fourth-order valence-electron chi connectivity index (χ4n) is 4.15. The Labute approximate surface area is 160 Å². The first-order valence-corrected chi connectivity index (χ1v) is 10.5. The van der Waals surface area contributed by atoms with Crippen LogP contribution in [0.4, 0.5) is 0 Å². The maximum atomic E-state index is 11.6. The summed E-state index contributed by atoms with van der Waals surface area (Å²) in [4.78, 5) is 23.3. The second kappa shape index (κ2) is 11.8. The zero-order valence-electron chi connectivity index (χ0n) is 17.8. The van der Waals surface area contributed by atoms with Crippen LogP contribution in [0.15, 0.2) is 12.2 Å². The molecule has 0 aromatic rings. The molecular weight excluding hydrogens is 328 g/mol. The highest BCUT2D eigenvalue weighted by atomic mass is 17.2. The van der Waals surface area contributed by atoms with Crippen molar-refractivity contribution in [3.63, 3.8) is 0 Å². The number of carbonyl (C=O) groups is 1. The van der Waals surface area contributed by atoms with Gasteiger partial charge in [-0.3, -0.25) is 4.79 Å². The van der Waals surface area contributed by atoms with Crippen LogP contribution in [0.5, 0.6) is 0 Å². The van der Waals surface area contributed by atoms with Crippen molar-refractivity contribution >= 4 is 5.97 Å². The summed E-state index contributed by atoms with van der Waals surface area (Å²) in [5.41, 5.74) is -0.237. The zero-order valence-corrected chi connectivity index (χ0v) is 17.8. The molecule has 0 saturated carbocycles. The molecule has 152 valence electrons. The monoisotopic (exact) mass is 368 g/mol. The summed E-state index contributed by atoms with van der Waals surface area (Å²) in [7, 11) is 1.42. The van der Waals surface area contributed by atoms with Crippen LogP contribution in [-0.2, 0) is 19.3 Å². The van der Waals surface area contributed by atoms with E-state index in [1.54, 1.807) is 0 Å². The summed E-state index contributed by atoms with van der Waals surface area (Å²) in [5, 5.41) is 0. The van der Waals surface area contributed by atoms with E-state index in [2.05, 4.69) is 46.8 Å². The first-order chi connectivity index (χ1) is 12.4. The van der Waals surface area contributed by atoms with E-state index in [1.165, 1.54) is 20.0 Å². The molecule has 0 radical (unpaired) electrons. The van der Waals surface area contributed by atoms with Crippen molar-refractivity contribution in [2.24, 2.45) is 17.8 Å². The van der Waals surface area contributed by atoms with Crippen LogP contribution in [0.1, 0.15) is 86.0 Å². The molecule has 0 amide bonds. The smallest absolute Gasteiger partial charge is 0.308 e. The average Bonchev–Trinajstić information content (AvgIpc) is 2.66. The normalized spacial score (nSPS) is 28.8. The number of carbonyl (C=O) groups excluding carboxylic acids is 1. The quantitative estimate of drug-likeness (QED) is 0.260. The lowest BCUT2D eigenvalue weighted by atomic mass is 9.76. The van der Waals surface area contributed by atoms with Crippen molar-refractivity contribution in [2.75, 3.05) is 7.11 Å². The summed E-state index contributed by atoms with van der Waals surface area (Å²) < 4.78 is 4.80. The number of esters is 1. The Morgan fingerprint density at radius 3 is 2.58 bits per heavy atom. The fourth-order valence-corrected chi connectivity index (χ4v) is 4.15. The Hall–Kier alpha value is -0.870. The van der Waals surface area contributed by atoms with Gasteiger partial charge in [0.25, 0.3) is 0 Å². The molecule has 1 heterocycles. The van der Waals surface area contributed by atoms with Gasteiger partial charge in [0, 0.05) is 0 Å². The van der Waals surface area contributed by atoms with Gasteiger partial charge in [0.1, 0.15) is 11.7 Å². The van der Waals surface area contributed by atoms with Gasteiger partial charge >= 0.3 is 5.97 Å². The molecule has 26 heavy (non-hydrogen) atoms. The molecule has 4 nitrogen and oxygen atoms in total. The predicted molar refractivity (Wildman–Crippen MR) is 106 cm³/mol. The second-order valence-corrected chi connectivity index (χ2v) is 7.96. The summed E-state index contributed by atoms with van der Waals surface area (Å²) in [5.74, 6) is 1.30. The van der Waals surface area contributed by atoms with Crippen molar-refractivity contribution < 1.29 is 19.3 Å². The Bertz CT molecular complexity index is 434. The summed E-state index contributed by atoms with van der Waals surface area (Å²) in [6.07, 6.45) is 12.0. The molecule has 1 aliphatic rings. The molecule has 1 rings (SSSR count). The number of hydrogen-bond donors (Lipinski definition) is 0. The van der Waals surface area contributed by atoms with Crippen molar-refractivity contribution in [1.29, 1.82) is 0 Å². The largest absolute Gasteiger partial charge is 0.469 e. The van der Waals surface area contributed by atoms with E-state index < -0.39 is 0 Å². The van der Waals surface area contributed by atoms with E-state index in [4.69, 9.17) is 14.5 Å². The van der Waals surface area contributed by atoms with Gasteiger partial charge in [-0.25, -0.2) is 9.78 Å². The van der Waals surface area contributed by atoms with Crippen molar-refractivity contribution in [1.82, 2.24) is 0 Å². The SMILES string of the molecule is CC/C=C/C(CC)CC(C)C[C@]1(CC)C[C@H](CC)[C@H](CC(=O)OC)OO1. The summed E-state index contributed by atoms with van der Waals surface area (Å²) in [6, 6.07) is 0. The van der Waals surface area contributed by atoms with E-state index in [1.807, 2.05) is 0 Å². The number of hydrogen-bond acceptors (Lipinski definition) is 4. The van der Waals surface area contributed by atoms with Crippen LogP contribution in [0.25, 0.3) is 0 Å². The van der Waals surface area contributed by atoms with Crippen molar-refractivity contribution in [3.05, 3.63) is 12.2 Å². The summed E-state index contributed by atoms with van der Waals surface area (Å²) >= 11 is 0. The minimum atomic E-state index is -0.237. The molecule has 1 fully saturated rings. The van der Waals surface area contributed by atoms with Gasteiger partial charge in [-0.2, -0.15) is 0 Å². The van der Waals surface area contributed by atoms with Crippen LogP contribution in [-0.4, -0.2) is 24.8 Å². The molecule has 1 saturated heterocycles. The van der Waals surface area contributed by atoms with E-state index in [0.717, 1.165) is 32.1 Å². The Morgan fingerprint density at radius 1 is 1.31 bits per heavy atom. The van der Waals surface area contributed by atoms with Crippen LogP contribution in [0.3, 0.4) is 0 Å². The maximum Gasteiger partial charge on any atom is 0.308 e. The Kier molecular flexibility index (Phi) is 10.5. The van der Waals surface area contributed by atoms with Gasteiger partial charge < -0.3 is 4.74 Å². The molecule has 4 heteroatoms. The minimum Gasteiger partial charge on any atom is -0.469 e. The molecule has 0 bridgehead atoms. The maximum absolute atomic E-state index is 11.6. The molecule has 0 aliphatic carbocycles. The molecule has 0 spiro atoms. The minimum absolute atomic E-state index is 0.196. The molecule has 1 aliphatic heterocycles. The lowest BCUT2D eigenvalue weighted by molar-refractivity contribution is -0.424. The van der Waals surface area contributed by atoms with Gasteiger partial charge in [-0.1, -0.05) is 53.2 Å². The Balaban J connectivity index is 2.70. The fraction of sp³-hybridized carbons (Fsp3) is 0.864. The lowest BCUT2D eigenvalue weighted by Crippen LogP contribution is -2.46. The highest BCUT2D eigenvalue weighted by Crippen LogP contribution is 2.41. The summed E-state index contributed by atoms with van der Waals surface area (Å²) in [6.45, 7) is 11.1. The van der Waals surface area contributed by atoms with Crippen molar-refractivity contribution in [3.8, 4) is 0 Å². The lowest BCUT2D eigenvalue weighted by Gasteiger charge is -2.44. The Morgan fingerprint density at radius 2 is 2.04 bits per heavy atom. The first-order valence-electron chi connectivity index (χ1n) is 10.5. The van der Waals surface area contributed by atoms with Crippen LogP contribution >= 0.6 is 0 Å². The number of methoxy groups -OCH3 is 1. The van der Waals surface area contributed by atoms with E-state index in [-0.39, 0.29) is 24.1 Å². The molecule has 0 aromatic carbocycles.